The van der Waals surface area contributed by atoms with Crippen LogP contribution in [0.1, 0.15) is 26.7 Å². The average Bonchev–Trinajstić information content (AvgIpc) is 2.60. The Morgan fingerprint density at radius 2 is 1.88 bits per heavy atom. The lowest BCUT2D eigenvalue weighted by molar-refractivity contribution is -0.135. The number of carboxylic acid groups (broad SMARTS) is 1. The van der Waals surface area contributed by atoms with E-state index in [4.69, 9.17) is 5.11 Å². The van der Waals surface area contributed by atoms with Gasteiger partial charge in [-0.05, 0) is 30.5 Å². The van der Waals surface area contributed by atoms with Crippen molar-refractivity contribution in [3.8, 4) is 0 Å². The molecular formula is C16H16N4O5S. The number of rotatable bonds is 7. The van der Waals surface area contributed by atoms with Crippen LogP contribution in [0.5, 0.6) is 0 Å². The maximum atomic E-state index is 12.2. The molecule has 26 heavy (non-hydrogen) atoms. The highest BCUT2D eigenvalue weighted by molar-refractivity contribution is 7.97. The first-order valence-corrected chi connectivity index (χ1v) is 8.79. The van der Waals surface area contributed by atoms with Crippen molar-refractivity contribution in [2.24, 2.45) is 0 Å². The van der Waals surface area contributed by atoms with Crippen LogP contribution in [0, 0.1) is 0 Å². The molecule has 2 rings (SSSR count). The fraction of sp³-hybridized carbons (Fsp3) is 0.188. The summed E-state index contributed by atoms with van der Waals surface area (Å²) in [5.74, 6) is -1.37. The van der Waals surface area contributed by atoms with Crippen LogP contribution in [0.25, 0.3) is 0 Å². The predicted molar refractivity (Wildman–Crippen MR) is 96.4 cm³/mol. The Morgan fingerprint density at radius 3 is 2.50 bits per heavy atom. The number of thioether (sulfide) groups is 1. The minimum Gasteiger partial charge on any atom is -0.480 e. The lowest BCUT2D eigenvalue weighted by Crippen LogP contribution is -2.29. The molecular weight excluding hydrogens is 360 g/mol. The van der Waals surface area contributed by atoms with E-state index in [0.717, 1.165) is 6.07 Å². The summed E-state index contributed by atoms with van der Waals surface area (Å²) in [6.07, 6.45) is 1.85. The lowest BCUT2D eigenvalue weighted by Gasteiger charge is -2.07. The number of hydrogen-bond donors (Lipinski definition) is 4. The highest BCUT2D eigenvalue weighted by Crippen LogP contribution is 2.11. The second-order valence-corrected chi connectivity index (χ2v) is 5.98. The second kappa shape index (κ2) is 8.81. The molecule has 0 saturated carbocycles. The largest absolute Gasteiger partial charge is 0.480 e. The number of aliphatic carboxylic acids is 1. The Bertz CT molecular complexity index is 879. The van der Waals surface area contributed by atoms with Crippen LogP contribution in [-0.2, 0) is 10.5 Å². The van der Waals surface area contributed by atoms with Crippen molar-refractivity contribution in [1.29, 1.82) is 0 Å². The summed E-state index contributed by atoms with van der Waals surface area (Å²) in [5, 5.41) is 13.4. The standard InChI is InChI=1S/C16H16N4O5S/c1-26-8-12-19-11(6-13(21)20-12)16(25)18-10-4-2-9(3-5-10)15(24)17-7-14(22)23/h2-6H,7-8H2,1H3,(H,17,24)(H,18,25)(H,22,23)(H,19,20,21). The zero-order valence-corrected chi connectivity index (χ0v) is 14.6. The average molecular weight is 376 g/mol. The molecule has 2 aromatic rings. The molecule has 0 aliphatic carbocycles. The Hall–Kier alpha value is -3.14. The minimum atomic E-state index is -1.14. The van der Waals surface area contributed by atoms with Gasteiger partial charge in [0.05, 0.1) is 5.75 Å². The number of anilines is 1. The Balaban J connectivity index is 2.07. The van der Waals surface area contributed by atoms with Gasteiger partial charge in [-0.3, -0.25) is 19.2 Å². The van der Waals surface area contributed by atoms with Crippen LogP contribution >= 0.6 is 11.8 Å². The SMILES string of the molecule is CSCc1nc(C(=O)Nc2ccc(C(=O)NCC(=O)O)cc2)cc(=O)[nH]1. The van der Waals surface area contributed by atoms with Crippen molar-refractivity contribution in [2.75, 3.05) is 18.1 Å². The van der Waals surface area contributed by atoms with Gasteiger partial charge in [0.2, 0.25) is 0 Å². The van der Waals surface area contributed by atoms with Gasteiger partial charge in [0.1, 0.15) is 18.1 Å². The molecule has 2 amide bonds. The molecule has 0 unspecified atom stereocenters. The van der Waals surface area contributed by atoms with Gasteiger partial charge < -0.3 is 20.7 Å². The van der Waals surface area contributed by atoms with Crippen molar-refractivity contribution in [1.82, 2.24) is 15.3 Å². The second-order valence-electron chi connectivity index (χ2n) is 5.12. The molecule has 0 aliphatic rings. The first-order valence-electron chi connectivity index (χ1n) is 7.39. The molecule has 0 bridgehead atoms. The summed E-state index contributed by atoms with van der Waals surface area (Å²) in [7, 11) is 0. The van der Waals surface area contributed by atoms with E-state index in [1.165, 1.54) is 36.0 Å². The van der Waals surface area contributed by atoms with E-state index in [9.17, 15) is 19.2 Å². The molecule has 1 heterocycles. The topological polar surface area (TPSA) is 141 Å². The lowest BCUT2D eigenvalue weighted by atomic mass is 10.2. The number of carboxylic acids is 1. The molecule has 0 saturated heterocycles. The number of nitrogens with zero attached hydrogens (tertiary/aromatic N) is 1. The number of carbonyl (C=O) groups excluding carboxylic acids is 2. The van der Waals surface area contributed by atoms with Gasteiger partial charge in [-0.25, -0.2) is 4.98 Å². The smallest absolute Gasteiger partial charge is 0.322 e. The van der Waals surface area contributed by atoms with Gasteiger partial charge in [0, 0.05) is 17.3 Å². The number of carbonyl (C=O) groups is 3. The van der Waals surface area contributed by atoms with Gasteiger partial charge in [-0.2, -0.15) is 11.8 Å². The van der Waals surface area contributed by atoms with Crippen molar-refractivity contribution in [3.63, 3.8) is 0 Å². The van der Waals surface area contributed by atoms with E-state index in [0.29, 0.717) is 17.3 Å². The van der Waals surface area contributed by atoms with Crippen LogP contribution in [0.3, 0.4) is 0 Å². The quantitative estimate of drug-likeness (QED) is 0.557. The van der Waals surface area contributed by atoms with Crippen LogP contribution in [0.2, 0.25) is 0 Å². The van der Waals surface area contributed by atoms with Crippen LogP contribution in [0.15, 0.2) is 35.1 Å². The van der Waals surface area contributed by atoms with Gasteiger partial charge in [0.25, 0.3) is 17.4 Å². The van der Waals surface area contributed by atoms with Gasteiger partial charge in [-0.1, -0.05) is 0 Å². The number of benzene rings is 1. The van der Waals surface area contributed by atoms with E-state index < -0.39 is 29.9 Å². The van der Waals surface area contributed by atoms with E-state index in [1.807, 2.05) is 6.26 Å². The van der Waals surface area contributed by atoms with E-state index in [1.54, 1.807) is 0 Å². The molecule has 10 heteroatoms. The van der Waals surface area contributed by atoms with E-state index in [2.05, 4.69) is 20.6 Å². The Morgan fingerprint density at radius 1 is 1.19 bits per heavy atom. The van der Waals surface area contributed by atoms with E-state index in [-0.39, 0.29) is 11.3 Å². The molecule has 4 N–H and O–H groups in total. The van der Waals surface area contributed by atoms with Gasteiger partial charge in [-0.15, -0.1) is 0 Å². The number of H-pyrrole nitrogens is 1. The van der Waals surface area contributed by atoms with Crippen molar-refractivity contribution < 1.29 is 19.5 Å². The van der Waals surface area contributed by atoms with Gasteiger partial charge >= 0.3 is 5.97 Å². The molecule has 0 atom stereocenters. The fourth-order valence-corrected chi connectivity index (χ4v) is 2.40. The third-order valence-corrected chi connectivity index (χ3v) is 3.67. The monoisotopic (exact) mass is 376 g/mol. The van der Waals surface area contributed by atoms with E-state index >= 15 is 0 Å². The highest BCUT2D eigenvalue weighted by Gasteiger charge is 2.12. The summed E-state index contributed by atoms with van der Waals surface area (Å²) in [5.41, 5.74) is 0.222. The number of amides is 2. The third-order valence-electron chi connectivity index (χ3n) is 3.11. The fourth-order valence-electron chi connectivity index (χ4n) is 1.99. The normalized spacial score (nSPS) is 10.2. The van der Waals surface area contributed by atoms with Crippen molar-refractivity contribution in [2.45, 2.75) is 5.75 Å². The summed E-state index contributed by atoms with van der Waals surface area (Å²) in [6.45, 7) is -0.482. The van der Waals surface area contributed by atoms with Crippen molar-refractivity contribution >= 4 is 35.2 Å². The number of aromatic amines is 1. The first kappa shape index (κ1) is 19.2. The number of hydrogen-bond acceptors (Lipinski definition) is 6. The molecule has 0 spiro atoms. The number of nitrogens with one attached hydrogen (secondary N) is 3. The van der Waals surface area contributed by atoms with Crippen molar-refractivity contribution in [3.05, 3.63) is 57.8 Å². The maximum Gasteiger partial charge on any atom is 0.322 e. The first-order chi connectivity index (χ1) is 12.4. The summed E-state index contributed by atoms with van der Waals surface area (Å²) in [4.78, 5) is 52.7. The summed E-state index contributed by atoms with van der Waals surface area (Å²) in [6, 6.07) is 6.97. The molecule has 0 aliphatic heterocycles. The van der Waals surface area contributed by atoms with Crippen LogP contribution in [0.4, 0.5) is 5.69 Å². The Kier molecular flexibility index (Phi) is 6.50. The zero-order valence-electron chi connectivity index (χ0n) is 13.7. The predicted octanol–water partition coefficient (Wildman–Crippen LogP) is 0.700. The molecule has 0 radical (unpaired) electrons. The van der Waals surface area contributed by atoms with Gasteiger partial charge in [0.15, 0.2) is 0 Å². The molecule has 1 aromatic heterocycles. The molecule has 0 fully saturated rings. The molecule has 9 nitrogen and oxygen atoms in total. The summed E-state index contributed by atoms with van der Waals surface area (Å²) >= 11 is 1.46. The third kappa shape index (κ3) is 5.45. The maximum absolute atomic E-state index is 12.2. The zero-order chi connectivity index (χ0) is 19.1. The highest BCUT2D eigenvalue weighted by atomic mass is 32.2. The molecule has 1 aromatic carbocycles. The summed E-state index contributed by atoms with van der Waals surface area (Å²) < 4.78 is 0. The van der Waals surface area contributed by atoms with Crippen LogP contribution in [-0.4, -0.2) is 45.7 Å². The minimum absolute atomic E-state index is 0.0129. The Labute approximate surface area is 152 Å². The number of aromatic nitrogens is 2. The molecule has 136 valence electrons. The van der Waals surface area contributed by atoms with Crippen LogP contribution < -0.4 is 16.2 Å².